The molecule has 13 heteroatoms. The summed E-state index contributed by atoms with van der Waals surface area (Å²) in [7, 11) is 0. The molecule has 3 fully saturated rings. The number of fused-ring (bicyclic) bond motifs is 2. The van der Waals surface area contributed by atoms with E-state index in [0.717, 1.165) is 19.3 Å². The van der Waals surface area contributed by atoms with Crippen molar-refractivity contribution in [3.05, 3.63) is 61.0 Å². The zero-order valence-electron chi connectivity index (χ0n) is 28.1. The maximum absolute atomic E-state index is 17.5. The lowest BCUT2D eigenvalue weighted by atomic mass is 9.70. The van der Waals surface area contributed by atoms with Gasteiger partial charge in [-0.15, -0.1) is 0 Å². The van der Waals surface area contributed by atoms with Gasteiger partial charge >= 0.3 is 24.2 Å². The number of halogens is 2. The van der Waals surface area contributed by atoms with Crippen LogP contribution in [0.15, 0.2) is 49.6 Å². The topological polar surface area (TPSA) is 136 Å². The molecule has 1 amide bonds. The second-order valence-electron chi connectivity index (χ2n) is 13.7. The molecule has 4 rings (SSSR count). The first-order chi connectivity index (χ1) is 22.5. The fourth-order valence-electron chi connectivity index (χ4n) is 7.77. The molecule has 0 radical (unpaired) electrons. The van der Waals surface area contributed by atoms with Crippen LogP contribution >= 0.6 is 0 Å². The molecule has 2 bridgehead atoms. The maximum atomic E-state index is 17.5. The number of alkyl halides is 1. The number of nitrogens with one attached hydrogen (secondary N) is 1. The van der Waals surface area contributed by atoms with Gasteiger partial charge in [-0.3, -0.25) is 5.32 Å². The van der Waals surface area contributed by atoms with Crippen molar-refractivity contribution in [1.82, 2.24) is 5.32 Å². The van der Waals surface area contributed by atoms with E-state index in [1.165, 1.54) is 50.3 Å². The van der Waals surface area contributed by atoms with Crippen LogP contribution in [0.1, 0.15) is 65.9 Å². The van der Waals surface area contributed by atoms with Crippen LogP contribution in [0.25, 0.3) is 0 Å². The number of alkyl carbamates (subject to hydrolysis) is 1. The Morgan fingerprint density at radius 2 is 1.67 bits per heavy atom. The first-order valence-electron chi connectivity index (χ1n) is 16.0. The normalized spacial score (nSPS) is 32.1. The minimum absolute atomic E-state index is 0.235. The third kappa shape index (κ3) is 6.79. The average Bonchev–Trinajstić information content (AvgIpc) is 3.60. The van der Waals surface area contributed by atoms with Gasteiger partial charge in [0.15, 0.2) is 0 Å². The Balaban J connectivity index is 1.64. The van der Waals surface area contributed by atoms with E-state index in [2.05, 4.69) is 25.4 Å². The van der Waals surface area contributed by atoms with Gasteiger partial charge in [-0.1, -0.05) is 65.1 Å². The number of carbonyl (C=O) groups excluding carboxylic acids is 4. The summed E-state index contributed by atoms with van der Waals surface area (Å²) in [6.07, 6.45) is -1.10. The smallest absolute Gasteiger partial charge is 0.459 e. The second kappa shape index (κ2) is 14.2. The highest BCUT2D eigenvalue weighted by molar-refractivity contribution is 5.98. The second-order valence-corrected chi connectivity index (χ2v) is 13.7. The number of amides is 1. The lowest BCUT2D eigenvalue weighted by molar-refractivity contribution is -0.198. The van der Waals surface area contributed by atoms with Crippen LogP contribution in [0.5, 0.6) is 0 Å². The Morgan fingerprint density at radius 3 is 2.27 bits per heavy atom. The molecular formula is C35H45F2NO10. The molecule has 0 aliphatic heterocycles. The van der Waals surface area contributed by atoms with Crippen molar-refractivity contribution < 1.29 is 56.4 Å². The van der Waals surface area contributed by atoms with Crippen LogP contribution in [0.3, 0.4) is 0 Å². The predicted molar refractivity (Wildman–Crippen MR) is 167 cm³/mol. The number of carbonyl (C=O) groups is 4. The molecule has 1 unspecified atom stereocenters. The van der Waals surface area contributed by atoms with Crippen LogP contribution in [0.2, 0.25) is 0 Å². The molecule has 3 aliphatic carbocycles. The van der Waals surface area contributed by atoms with Crippen molar-refractivity contribution in [3.8, 4) is 0 Å². The highest BCUT2D eigenvalue weighted by Gasteiger charge is 2.76. The van der Waals surface area contributed by atoms with Crippen molar-refractivity contribution >= 4 is 24.2 Å². The van der Waals surface area contributed by atoms with Gasteiger partial charge in [-0.25, -0.2) is 28.0 Å². The van der Waals surface area contributed by atoms with Gasteiger partial charge in [0, 0.05) is 23.7 Å². The van der Waals surface area contributed by atoms with Crippen molar-refractivity contribution in [2.75, 3.05) is 13.2 Å². The minimum Gasteiger partial charge on any atom is -0.459 e. The number of hydrogen-bond acceptors (Lipinski definition) is 10. The van der Waals surface area contributed by atoms with Gasteiger partial charge in [-0.2, -0.15) is 0 Å². The van der Waals surface area contributed by atoms with Crippen LogP contribution in [-0.2, 0) is 44.6 Å². The van der Waals surface area contributed by atoms with Crippen LogP contribution in [0.4, 0.5) is 18.4 Å². The van der Waals surface area contributed by atoms with Gasteiger partial charge in [-0.05, 0) is 49.3 Å². The van der Waals surface area contributed by atoms with Gasteiger partial charge in [0.25, 0.3) is 0 Å². The van der Waals surface area contributed by atoms with Crippen LogP contribution in [0, 0.1) is 28.5 Å². The lowest BCUT2D eigenvalue weighted by Crippen LogP contribution is -2.73. The fourth-order valence-corrected chi connectivity index (χ4v) is 7.77. The Labute approximate surface area is 279 Å². The Hall–Kier alpha value is -4.00. The molecule has 0 aromatic heterocycles. The molecule has 48 heavy (non-hydrogen) atoms. The first kappa shape index (κ1) is 36.8. The molecule has 0 heterocycles. The molecule has 1 N–H and O–H groups in total. The number of ether oxygens (including phenoxy) is 6. The van der Waals surface area contributed by atoms with Gasteiger partial charge in [0.2, 0.25) is 17.5 Å². The largest absolute Gasteiger partial charge is 0.511 e. The Bertz CT molecular complexity index is 1400. The first-order valence-corrected chi connectivity index (χ1v) is 16.0. The monoisotopic (exact) mass is 677 g/mol. The minimum atomic E-state index is -3.28. The van der Waals surface area contributed by atoms with E-state index in [1.54, 1.807) is 0 Å². The average molecular weight is 678 g/mol. The van der Waals surface area contributed by atoms with Crippen LogP contribution < -0.4 is 5.32 Å². The summed E-state index contributed by atoms with van der Waals surface area (Å²) < 4.78 is 63.7. The zero-order chi connectivity index (χ0) is 35.5. The fraction of sp³-hybridized carbons (Fsp3) is 0.600. The van der Waals surface area contributed by atoms with E-state index in [9.17, 15) is 23.6 Å². The van der Waals surface area contributed by atoms with E-state index in [4.69, 9.17) is 28.4 Å². The molecule has 11 nitrogen and oxygen atoms in total. The third-order valence-electron chi connectivity index (χ3n) is 10.1. The quantitative estimate of drug-likeness (QED) is 0.113. The van der Waals surface area contributed by atoms with Gasteiger partial charge < -0.3 is 28.4 Å². The zero-order valence-corrected chi connectivity index (χ0v) is 28.1. The van der Waals surface area contributed by atoms with E-state index in [1.807, 2.05) is 13.8 Å². The number of hydrogen-bond donors (Lipinski definition) is 1. The SMILES string of the molecule is C=CCOC(=O)N[C@@]1(C(=O)OC(C)OC(=O)O[C@H]2C(C)(C)[C@H]3CC[C@]2(C)C3)[C@H](OCc2ccc(F)cc2)C[C@H](C)[C@]1(F)C(=O)OCC=C. The summed E-state index contributed by atoms with van der Waals surface area (Å²) >= 11 is 0. The standard InChI is InChI=1S/C35H45F2NO10/c1-8-16-43-28(39)34(37)21(3)18-26(45-20-23-10-12-25(36)13-11-23)35(34,38-30(41)44-17-9-2)29(40)46-22(4)47-31(42)48-27-32(5,6)24-14-15-33(27,7)19-24/h8-13,21-22,24,26-27H,1-2,14-20H2,3-7H3,(H,38,41)/t21-,22?,24-,26+,27-,33+,34-,35+/m0/s1. The third-order valence-corrected chi connectivity index (χ3v) is 10.1. The summed E-state index contributed by atoms with van der Waals surface area (Å²) in [5.41, 5.74) is -6.29. The Morgan fingerprint density at radius 1 is 1.02 bits per heavy atom. The summed E-state index contributed by atoms with van der Waals surface area (Å²) in [5.74, 6) is -4.42. The van der Waals surface area contributed by atoms with E-state index in [-0.39, 0.29) is 30.5 Å². The summed E-state index contributed by atoms with van der Waals surface area (Å²) in [4.78, 5) is 53.7. The lowest BCUT2D eigenvalue weighted by Gasteiger charge is -2.42. The van der Waals surface area contributed by atoms with Gasteiger partial charge in [0.1, 0.15) is 25.1 Å². The Kier molecular flexibility index (Phi) is 10.9. The highest BCUT2D eigenvalue weighted by atomic mass is 19.1. The molecule has 0 spiro atoms. The van der Waals surface area contributed by atoms with Gasteiger partial charge in [0.05, 0.1) is 12.7 Å². The van der Waals surface area contributed by atoms with E-state index in [0.29, 0.717) is 11.5 Å². The maximum Gasteiger partial charge on any atom is 0.511 e. The van der Waals surface area contributed by atoms with E-state index < -0.39 is 72.2 Å². The molecule has 264 valence electrons. The van der Waals surface area contributed by atoms with Crippen molar-refractivity contribution in [1.29, 1.82) is 0 Å². The summed E-state index contributed by atoms with van der Waals surface area (Å²) in [6, 6.07) is 5.20. The van der Waals surface area contributed by atoms with Crippen molar-refractivity contribution in [3.63, 3.8) is 0 Å². The molecule has 1 aromatic rings. The summed E-state index contributed by atoms with van der Waals surface area (Å²) in [6.45, 7) is 14.6. The molecule has 3 saturated carbocycles. The summed E-state index contributed by atoms with van der Waals surface area (Å²) in [5, 5.41) is 2.21. The number of rotatable bonds is 13. The number of benzene rings is 1. The molecule has 3 aliphatic rings. The van der Waals surface area contributed by atoms with Crippen molar-refractivity contribution in [2.24, 2.45) is 22.7 Å². The predicted octanol–water partition coefficient (Wildman–Crippen LogP) is 6.10. The number of esters is 2. The molecule has 0 saturated heterocycles. The van der Waals surface area contributed by atoms with E-state index >= 15 is 4.39 Å². The van der Waals surface area contributed by atoms with Crippen molar-refractivity contribution in [2.45, 2.75) is 96.6 Å². The molecule has 8 atom stereocenters. The van der Waals surface area contributed by atoms with Crippen LogP contribution in [-0.4, -0.2) is 67.1 Å². The highest BCUT2D eigenvalue weighted by Crippen LogP contribution is 2.63. The molecular weight excluding hydrogens is 632 g/mol. The molecule has 1 aromatic carbocycles.